The number of ether oxygens (including phenoxy) is 1. The molecule has 0 saturated carbocycles. The van der Waals surface area contributed by atoms with Crippen molar-refractivity contribution < 1.29 is 29.3 Å². The van der Waals surface area contributed by atoms with E-state index in [4.69, 9.17) is 14.9 Å². The fourth-order valence-corrected chi connectivity index (χ4v) is 1.87. The van der Waals surface area contributed by atoms with Crippen molar-refractivity contribution in [1.29, 1.82) is 0 Å². The first kappa shape index (κ1) is 19.1. The van der Waals surface area contributed by atoms with Crippen molar-refractivity contribution in [2.75, 3.05) is 6.61 Å². The molecular formula is C15H24O6. The number of hydrogen-bond acceptors (Lipinski definition) is 4. The molecule has 0 aliphatic heterocycles. The maximum atomic E-state index is 11.0. The van der Waals surface area contributed by atoms with Gasteiger partial charge in [-0.05, 0) is 19.8 Å². The van der Waals surface area contributed by atoms with E-state index < -0.39 is 17.9 Å². The number of unbranched alkanes of at least 4 members (excludes halogenated alkanes) is 5. The number of allylic oxidation sites excluding steroid dienone is 1. The van der Waals surface area contributed by atoms with E-state index >= 15 is 0 Å². The third-order valence-electron chi connectivity index (χ3n) is 3.03. The van der Waals surface area contributed by atoms with Crippen LogP contribution in [0.1, 0.15) is 51.9 Å². The molecule has 6 heteroatoms. The Morgan fingerprint density at radius 1 is 0.952 bits per heavy atom. The fraction of sp³-hybridized carbons (Fsp3) is 0.667. The van der Waals surface area contributed by atoms with Gasteiger partial charge >= 0.3 is 17.9 Å². The Bertz CT molecular complexity index is 347. The highest BCUT2D eigenvalue weighted by atomic mass is 16.5. The fourth-order valence-electron chi connectivity index (χ4n) is 1.87. The number of carbonyl (C=O) groups excluding carboxylic acids is 1. The molecule has 0 heterocycles. The average Bonchev–Trinajstić information content (AvgIpc) is 2.40. The van der Waals surface area contributed by atoms with Crippen LogP contribution in [0, 0.1) is 5.92 Å². The number of carboxylic acids is 2. The standard InChI is InChI=1S/C15H24O6/c1-2-9-13(16)21-11-8-6-4-3-5-7-10-12(14(17)18)15(19)20/h2,9,12H,3-8,10-11H2,1H3,(H,17,18)(H,19,20). The molecule has 0 fully saturated rings. The van der Waals surface area contributed by atoms with Crippen LogP contribution in [0.5, 0.6) is 0 Å². The van der Waals surface area contributed by atoms with E-state index in [-0.39, 0.29) is 12.4 Å². The monoisotopic (exact) mass is 300 g/mol. The van der Waals surface area contributed by atoms with E-state index in [1.807, 2.05) is 0 Å². The van der Waals surface area contributed by atoms with Gasteiger partial charge in [-0.1, -0.05) is 38.2 Å². The minimum absolute atomic E-state index is 0.172. The van der Waals surface area contributed by atoms with Gasteiger partial charge in [0.2, 0.25) is 0 Å². The molecule has 0 radical (unpaired) electrons. The molecule has 6 nitrogen and oxygen atoms in total. The van der Waals surface area contributed by atoms with E-state index in [2.05, 4.69) is 0 Å². The topological polar surface area (TPSA) is 101 Å². The van der Waals surface area contributed by atoms with Gasteiger partial charge in [-0.3, -0.25) is 9.59 Å². The quantitative estimate of drug-likeness (QED) is 0.249. The Morgan fingerprint density at radius 3 is 2.00 bits per heavy atom. The molecule has 0 aromatic carbocycles. The summed E-state index contributed by atoms with van der Waals surface area (Å²) < 4.78 is 4.94. The third kappa shape index (κ3) is 10.6. The van der Waals surface area contributed by atoms with Crippen LogP contribution in [0.3, 0.4) is 0 Å². The molecule has 0 amide bonds. The van der Waals surface area contributed by atoms with Gasteiger partial charge in [0.15, 0.2) is 5.92 Å². The number of carboxylic acid groups (broad SMARTS) is 2. The zero-order valence-electron chi connectivity index (χ0n) is 12.4. The predicted octanol–water partition coefficient (Wildman–Crippen LogP) is 2.62. The molecule has 21 heavy (non-hydrogen) atoms. The molecule has 0 aliphatic rings. The zero-order valence-corrected chi connectivity index (χ0v) is 12.4. The van der Waals surface area contributed by atoms with Gasteiger partial charge in [0.25, 0.3) is 0 Å². The number of esters is 1. The van der Waals surface area contributed by atoms with Crippen molar-refractivity contribution in [2.24, 2.45) is 5.92 Å². The highest BCUT2D eigenvalue weighted by molar-refractivity contribution is 5.92. The van der Waals surface area contributed by atoms with Gasteiger partial charge in [-0.15, -0.1) is 0 Å². The van der Waals surface area contributed by atoms with Crippen molar-refractivity contribution in [1.82, 2.24) is 0 Å². The molecule has 0 atom stereocenters. The molecule has 0 rings (SSSR count). The molecule has 0 aromatic rings. The Labute approximate surface area is 124 Å². The number of aliphatic carboxylic acids is 2. The van der Waals surface area contributed by atoms with Crippen LogP contribution in [-0.4, -0.2) is 34.7 Å². The van der Waals surface area contributed by atoms with Crippen LogP contribution in [0.2, 0.25) is 0 Å². The van der Waals surface area contributed by atoms with Gasteiger partial charge < -0.3 is 14.9 Å². The largest absolute Gasteiger partial charge is 0.481 e. The lowest BCUT2D eigenvalue weighted by Gasteiger charge is -2.07. The van der Waals surface area contributed by atoms with Crippen molar-refractivity contribution >= 4 is 17.9 Å². The van der Waals surface area contributed by atoms with E-state index in [0.717, 1.165) is 32.1 Å². The lowest BCUT2D eigenvalue weighted by atomic mass is 10.0. The van der Waals surface area contributed by atoms with Gasteiger partial charge in [0.1, 0.15) is 0 Å². The van der Waals surface area contributed by atoms with Gasteiger partial charge in [0.05, 0.1) is 6.61 Å². The van der Waals surface area contributed by atoms with Crippen LogP contribution in [0.15, 0.2) is 12.2 Å². The third-order valence-corrected chi connectivity index (χ3v) is 3.03. The van der Waals surface area contributed by atoms with Crippen LogP contribution < -0.4 is 0 Å². The second kappa shape index (κ2) is 11.9. The molecule has 0 bridgehead atoms. The molecule has 0 spiro atoms. The zero-order chi connectivity index (χ0) is 16.1. The Hall–Kier alpha value is -1.85. The minimum Gasteiger partial charge on any atom is -0.481 e. The Morgan fingerprint density at radius 2 is 1.48 bits per heavy atom. The summed E-state index contributed by atoms with van der Waals surface area (Å²) >= 11 is 0. The van der Waals surface area contributed by atoms with E-state index in [1.54, 1.807) is 13.0 Å². The molecule has 0 saturated heterocycles. The van der Waals surface area contributed by atoms with E-state index in [0.29, 0.717) is 13.0 Å². The summed E-state index contributed by atoms with van der Waals surface area (Å²) in [5.41, 5.74) is 0. The van der Waals surface area contributed by atoms with E-state index in [9.17, 15) is 14.4 Å². The van der Waals surface area contributed by atoms with Gasteiger partial charge in [-0.2, -0.15) is 0 Å². The second-order valence-corrected chi connectivity index (χ2v) is 4.81. The first-order valence-corrected chi connectivity index (χ1v) is 7.24. The first-order valence-electron chi connectivity index (χ1n) is 7.24. The number of rotatable bonds is 12. The first-order chi connectivity index (χ1) is 9.99. The summed E-state index contributed by atoms with van der Waals surface area (Å²) in [5, 5.41) is 17.4. The normalized spacial score (nSPS) is 11.0. The summed E-state index contributed by atoms with van der Waals surface area (Å²) in [5.74, 6) is -4.17. The Balaban J connectivity index is 3.46. The summed E-state index contributed by atoms with van der Waals surface area (Å²) in [6.07, 6.45) is 8.22. The maximum Gasteiger partial charge on any atom is 0.330 e. The second-order valence-electron chi connectivity index (χ2n) is 4.81. The maximum absolute atomic E-state index is 11.0. The van der Waals surface area contributed by atoms with Crippen LogP contribution in [-0.2, 0) is 19.1 Å². The van der Waals surface area contributed by atoms with Crippen molar-refractivity contribution in [3.05, 3.63) is 12.2 Å². The van der Waals surface area contributed by atoms with Crippen LogP contribution in [0.25, 0.3) is 0 Å². The smallest absolute Gasteiger partial charge is 0.330 e. The molecule has 0 unspecified atom stereocenters. The Kier molecular flexibility index (Phi) is 10.9. The van der Waals surface area contributed by atoms with Gasteiger partial charge in [0, 0.05) is 6.08 Å². The molecule has 120 valence electrons. The summed E-state index contributed by atoms with van der Waals surface area (Å²) in [4.78, 5) is 32.3. The average molecular weight is 300 g/mol. The SMILES string of the molecule is CC=CC(=O)OCCCCCCCCC(C(=O)O)C(=O)O. The molecule has 0 aliphatic carbocycles. The van der Waals surface area contributed by atoms with Gasteiger partial charge in [-0.25, -0.2) is 4.79 Å². The van der Waals surface area contributed by atoms with Crippen molar-refractivity contribution in [3.8, 4) is 0 Å². The summed E-state index contributed by atoms with van der Waals surface area (Å²) in [6.45, 7) is 2.16. The van der Waals surface area contributed by atoms with Crippen LogP contribution >= 0.6 is 0 Å². The molecular weight excluding hydrogens is 276 g/mol. The van der Waals surface area contributed by atoms with E-state index in [1.165, 1.54) is 6.08 Å². The minimum atomic E-state index is -1.30. The highest BCUT2D eigenvalue weighted by Gasteiger charge is 2.24. The highest BCUT2D eigenvalue weighted by Crippen LogP contribution is 2.13. The number of carbonyl (C=O) groups is 3. The molecule has 0 aromatic heterocycles. The van der Waals surface area contributed by atoms with Crippen LogP contribution in [0.4, 0.5) is 0 Å². The summed E-state index contributed by atoms with van der Waals surface area (Å²) in [6, 6.07) is 0. The summed E-state index contributed by atoms with van der Waals surface area (Å²) in [7, 11) is 0. The lowest BCUT2D eigenvalue weighted by Crippen LogP contribution is -2.23. The predicted molar refractivity (Wildman–Crippen MR) is 76.9 cm³/mol. The van der Waals surface area contributed by atoms with Crippen molar-refractivity contribution in [3.63, 3.8) is 0 Å². The lowest BCUT2D eigenvalue weighted by molar-refractivity contribution is -0.154. The molecule has 2 N–H and O–H groups in total. The van der Waals surface area contributed by atoms with Crippen molar-refractivity contribution in [2.45, 2.75) is 51.9 Å². The number of hydrogen-bond donors (Lipinski definition) is 2.